The summed E-state index contributed by atoms with van der Waals surface area (Å²) in [5, 5.41) is 9.04. The number of hydrogen-bond donors (Lipinski definition) is 2. The van der Waals surface area contributed by atoms with Gasteiger partial charge in [0.15, 0.2) is 0 Å². The molecule has 1 unspecified atom stereocenters. The lowest BCUT2D eigenvalue weighted by Gasteiger charge is -2.31. The first-order valence-electron chi connectivity index (χ1n) is 7.34. The first-order chi connectivity index (χ1) is 9.86. The van der Waals surface area contributed by atoms with Gasteiger partial charge in [-0.1, -0.05) is 0 Å². The van der Waals surface area contributed by atoms with Crippen LogP contribution in [0.2, 0.25) is 0 Å². The average Bonchev–Trinajstić information content (AvgIpc) is 2.45. The van der Waals surface area contributed by atoms with E-state index < -0.39 is 10.0 Å². The zero-order valence-corrected chi connectivity index (χ0v) is 13.5. The van der Waals surface area contributed by atoms with E-state index in [1.165, 1.54) is 4.31 Å². The third-order valence-electron chi connectivity index (χ3n) is 4.34. The molecule has 0 aliphatic carbocycles. The number of hydrogen-bond acceptors (Lipinski definition) is 4. The van der Waals surface area contributed by atoms with Crippen molar-refractivity contribution in [3.05, 3.63) is 23.3 Å². The first-order valence-corrected chi connectivity index (χ1v) is 8.78. The van der Waals surface area contributed by atoms with Gasteiger partial charge in [0.05, 0.1) is 4.90 Å². The standard InChI is InChI=1S/C15H24N2O3S/c1-11-8-14(9-15(16)12(11)2)21(19,20)17-6-3-4-13(10-17)5-7-18/h8-9,13,18H,3-7,10,16H2,1-2H3. The Labute approximate surface area is 126 Å². The Balaban J connectivity index is 2.29. The van der Waals surface area contributed by atoms with Gasteiger partial charge in [0.1, 0.15) is 0 Å². The quantitative estimate of drug-likeness (QED) is 0.828. The van der Waals surface area contributed by atoms with Crippen LogP contribution in [0.4, 0.5) is 5.69 Å². The zero-order chi connectivity index (χ0) is 15.6. The number of nitrogens with zero attached hydrogens (tertiary/aromatic N) is 1. The van der Waals surface area contributed by atoms with Crippen LogP contribution in [-0.2, 0) is 10.0 Å². The minimum atomic E-state index is -3.50. The summed E-state index contributed by atoms with van der Waals surface area (Å²) >= 11 is 0. The third-order valence-corrected chi connectivity index (χ3v) is 6.18. The molecule has 3 N–H and O–H groups in total. The van der Waals surface area contributed by atoms with E-state index in [4.69, 9.17) is 10.8 Å². The Morgan fingerprint density at radius 1 is 1.38 bits per heavy atom. The van der Waals surface area contributed by atoms with Crippen molar-refractivity contribution in [1.29, 1.82) is 0 Å². The predicted octanol–water partition coefficient (Wildman–Crippen LogP) is 1.67. The van der Waals surface area contributed by atoms with Crippen LogP contribution in [0.5, 0.6) is 0 Å². The topological polar surface area (TPSA) is 83.6 Å². The van der Waals surface area contributed by atoms with E-state index in [0.29, 0.717) is 25.2 Å². The summed E-state index contributed by atoms with van der Waals surface area (Å²) in [5.41, 5.74) is 8.23. The summed E-state index contributed by atoms with van der Waals surface area (Å²) in [7, 11) is -3.50. The van der Waals surface area contributed by atoms with E-state index in [9.17, 15) is 8.42 Å². The molecule has 2 rings (SSSR count). The maximum atomic E-state index is 12.8. The van der Waals surface area contributed by atoms with Crippen LogP contribution in [0.1, 0.15) is 30.4 Å². The molecule has 0 bridgehead atoms. The van der Waals surface area contributed by atoms with Gasteiger partial charge in [-0.3, -0.25) is 0 Å². The number of rotatable bonds is 4. The number of aliphatic hydroxyl groups excluding tert-OH is 1. The average molecular weight is 312 g/mol. The summed E-state index contributed by atoms with van der Waals surface area (Å²) in [4.78, 5) is 0.271. The number of sulfonamides is 1. The van der Waals surface area contributed by atoms with Gasteiger partial charge >= 0.3 is 0 Å². The molecule has 0 saturated carbocycles. The monoisotopic (exact) mass is 312 g/mol. The van der Waals surface area contributed by atoms with Crippen LogP contribution >= 0.6 is 0 Å². The largest absolute Gasteiger partial charge is 0.398 e. The Morgan fingerprint density at radius 2 is 2.10 bits per heavy atom. The molecule has 1 aromatic carbocycles. The molecule has 1 aliphatic heterocycles. The van der Waals surface area contributed by atoms with Crippen LogP contribution < -0.4 is 5.73 Å². The number of nitrogen functional groups attached to an aromatic ring is 1. The highest BCUT2D eigenvalue weighted by Crippen LogP contribution is 2.28. The van der Waals surface area contributed by atoms with Crippen molar-refractivity contribution in [3.63, 3.8) is 0 Å². The summed E-state index contributed by atoms with van der Waals surface area (Å²) < 4.78 is 27.0. The van der Waals surface area contributed by atoms with Gasteiger partial charge < -0.3 is 10.8 Å². The minimum absolute atomic E-state index is 0.106. The Kier molecular flexibility index (Phi) is 4.91. The van der Waals surface area contributed by atoms with Gasteiger partial charge in [0, 0.05) is 25.4 Å². The number of piperidine rings is 1. The molecule has 0 aromatic heterocycles. The highest BCUT2D eigenvalue weighted by Gasteiger charge is 2.30. The summed E-state index contributed by atoms with van der Waals surface area (Å²) in [6.45, 7) is 4.89. The summed E-state index contributed by atoms with van der Waals surface area (Å²) in [5.74, 6) is 0.238. The van der Waals surface area contributed by atoms with Crippen LogP contribution in [0.3, 0.4) is 0 Å². The van der Waals surface area contributed by atoms with E-state index >= 15 is 0 Å². The lowest BCUT2D eigenvalue weighted by atomic mass is 9.97. The SMILES string of the molecule is Cc1cc(S(=O)(=O)N2CCCC(CCO)C2)cc(N)c1C. The Morgan fingerprint density at radius 3 is 2.71 bits per heavy atom. The second-order valence-electron chi connectivity index (χ2n) is 5.84. The fraction of sp³-hybridized carbons (Fsp3) is 0.600. The maximum absolute atomic E-state index is 12.8. The van der Waals surface area contributed by atoms with Gasteiger partial charge in [0.25, 0.3) is 0 Å². The molecule has 1 atom stereocenters. The van der Waals surface area contributed by atoms with Gasteiger partial charge in [0.2, 0.25) is 10.0 Å². The molecule has 0 spiro atoms. The molecule has 1 aliphatic rings. The summed E-state index contributed by atoms with van der Waals surface area (Å²) in [6.07, 6.45) is 2.47. The third kappa shape index (κ3) is 3.39. The Bertz CT molecular complexity index is 588. The van der Waals surface area contributed by atoms with E-state index in [1.807, 2.05) is 13.8 Å². The molecule has 1 aromatic rings. The number of benzene rings is 1. The number of anilines is 1. The highest BCUT2D eigenvalue weighted by atomic mass is 32.2. The van der Waals surface area contributed by atoms with Crippen LogP contribution in [-0.4, -0.2) is 37.5 Å². The molecule has 1 heterocycles. The predicted molar refractivity (Wildman–Crippen MR) is 83.5 cm³/mol. The van der Waals surface area contributed by atoms with Gasteiger partial charge in [-0.25, -0.2) is 8.42 Å². The lowest BCUT2D eigenvalue weighted by molar-refractivity contribution is 0.203. The van der Waals surface area contributed by atoms with Crippen molar-refractivity contribution in [3.8, 4) is 0 Å². The molecule has 1 saturated heterocycles. The maximum Gasteiger partial charge on any atom is 0.243 e. The van der Waals surface area contributed by atoms with Crippen molar-refractivity contribution < 1.29 is 13.5 Å². The van der Waals surface area contributed by atoms with E-state index in [0.717, 1.165) is 24.0 Å². The molecule has 0 radical (unpaired) electrons. The number of aliphatic hydroxyl groups is 1. The smallest absolute Gasteiger partial charge is 0.243 e. The molecular formula is C15H24N2O3S. The van der Waals surface area contributed by atoms with E-state index in [2.05, 4.69) is 0 Å². The minimum Gasteiger partial charge on any atom is -0.398 e. The van der Waals surface area contributed by atoms with Crippen LogP contribution in [0.15, 0.2) is 17.0 Å². The van der Waals surface area contributed by atoms with Crippen LogP contribution in [0, 0.1) is 19.8 Å². The molecule has 1 fully saturated rings. The van der Waals surface area contributed by atoms with E-state index in [1.54, 1.807) is 12.1 Å². The molecular weight excluding hydrogens is 288 g/mol. The summed E-state index contributed by atoms with van der Waals surface area (Å²) in [6, 6.07) is 3.24. The second-order valence-corrected chi connectivity index (χ2v) is 7.78. The van der Waals surface area contributed by atoms with Crippen LogP contribution in [0.25, 0.3) is 0 Å². The molecule has 5 nitrogen and oxygen atoms in total. The molecule has 118 valence electrons. The van der Waals surface area contributed by atoms with Crippen molar-refractivity contribution >= 4 is 15.7 Å². The van der Waals surface area contributed by atoms with Crippen molar-refractivity contribution in [1.82, 2.24) is 4.31 Å². The number of nitrogens with two attached hydrogens (primary N) is 1. The normalized spacial score (nSPS) is 20.6. The van der Waals surface area contributed by atoms with Crippen molar-refractivity contribution in [2.45, 2.75) is 38.0 Å². The van der Waals surface area contributed by atoms with Gasteiger partial charge in [-0.15, -0.1) is 0 Å². The van der Waals surface area contributed by atoms with Crippen molar-refractivity contribution in [2.24, 2.45) is 5.92 Å². The Hall–Kier alpha value is -1.11. The van der Waals surface area contributed by atoms with Crippen molar-refractivity contribution in [2.75, 3.05) is 25.4 Å². The van der Waals surface area contributed by atoms with E-state index in [-0.39, 0.29) is 17.4 Å². The fourth-order valence-electron chi connectivity index (χ4n) is 2.81. The fourth-order valence-corrected chi connectivity index (χ4v) is 4.49. The lowest BCUT2D eigenvalue weighted by Crippen LogP contribution is -2.40. The second kappa shape index (κ2) is 6.34. The van der Waals surface area contributed by atoms with Gasteiger partial charge in [-0.05, 0) is 62.3 Å². The molecule has 21 heavy (non-hydrogen) atoms. The molecule has 6 heteroatoms. The zero-order valence-electron chi connectivity index (χ0n) is 12.7. The molecule has 0 amide bonds. The number of aryl methyl sites for hydroxylation is 1. The first kappa shape index (κ1) is 16.3. The van der Waals surface area contributed by atoms with Gasteiger partial charge in [-0.2, -0.15) is 4.31 Å². The highest BCUT2D eigenvalue weighted by molar-refractivity contribution is 7.89.